The molecule has 1 aliphatic rings. The van der Waals surface area contributed by atoms with Gasteiger partial charge < -0.3 is 14.8 Å². The zero-order valence-corrected chi connectivity index (χ0v) is 12.9. The quantitative estimate of drug-likeness (QED) is 0.429. The molecule has 0 atom stereocenters. The van der Waals surface area contributed by atoms with Gasteiger partial charge in [0.25, 0.3) is 5.91 Å². The number of hydrogen-bond donors (Lipinski definition) is 2. The SMILES string of the molecule is CC(C)(C)OC(=O)C1(C(=O)OC(C)(C)C)NC(=O)NC1=O. The second kappa shape index (κ2) is 5.01. The highest BCUT2D eigenvalue weighted by Gasteiger charge is 2.63. The first-order chi connectivity index (χ1) is 9.28. The van der Waals surface area contributed by atoms with Crippen molar-refractivity contribution in [2.75, 3.05) is 0 Å². The molecule has 0 saturated carbocycles. The lowest BCUT2D eigenvalue weighted by Crippen LogP contribution is -2.63. The maximum absolute atomic E-state index is 12.3. The van der Waals surface area contributed by atoms with E-state index in [9.17, 15) is 19.2 Å². The molecule has 2 N–H and O–H groups in total. The van der Waals surface area contributed by atoms with Gasteiger partial charge >= 0.3 is 23.5 Å². The zero-order chi connectivity index (χ0) is 16.6. The molecule has 1 aliphatic heterocycles. The van der Waals surface area contributed by atoms with Crippen molar-refractivity contribution in [1.29, 1.82) is 0 Å². The minimum atomic E-state index is -2.52. The summed E-state index contributed by atoms with van der Waals surface area (Å²) in [7, 11) is 0. The van der Waals surface area contributed by atoms with Crippen LogP contribution in [0.5, 0.6) is 0 Å². The van der Waals surface area contributed by atoms with E-state index in [0.29, 0.717) is 0 Å². The van der Waals surface area contributed by atoms with Crippen LogP contribution in [0.2, 0.25) is 0 Å². The molecule has 3 amide bonds. The van der Waals surface area contributed by atoms with Gasteiger partial charge in [-0.2, -0.15) is 0 Å². The van der Waals surface area contributed by atoms with E-state index in [-0.39, 0.29) is 0 Å². The number of carbonyl (C=O) groups excluding carboxylic acids is 4. The van der Waals surface area contributed by atoms with E-state index in [0.717, 1.165) is 0 Å². The van der Waals surface area contributed by atoms with Crippen LogP contribution in [-0.4, -0.2) is 40.6 Å². The first kappa shape index (κ1) is 16.9. The number of ether oxygens (including phenoxy) is 2. The minimum absolute atomic E-state index is 0.945. The van der Waals surface area contributed by atoms with E-state index in [1.54, 1.807) is 41.5 Å². The lowest BCUT2D eigenvalue weighted by Gasteiger charge is -2.30. The molecule has 0 aromatic carbocycles. The first-order valence-electron chi connectivity index (χ1n) is 6.38. The van der Waals surface area contributed by atoms with Crippen molar-refractivity contribution in [3.63, 3.8) is 0 Å². The molecule has 118 valence electrons. The van der Waals surface area contributed by atoms with Crippen molar-refractivity contribution >= 4 is 23.9 Å². The summed E-state index contributed by atoms with van der Waals surface area (Å²) in [5.41, 5.74) is -4.41. The van der Waals surface area contributed by atoms with Crippen molar-refractivity contribution in [1.82, 2.24) is 10.6 Å². The Labute approximate surface area is 122 Å². The van der Waals surface area contributed by atoms with Crippen LogP contribution in [-0.2, 0) is 23.9 Å². The molecule has 1 rings (SSSR count). The fourth-order valence-corrected chi connectivity index (χ4v) is 1.54. The number of urea groups is 1. The normalized spacial score (nSPS) is 17.8. The number of nitrogens with one attached hydrogen (secondary N) is 2. The van der Waals surface area contributed by atoms with Gasteiger partial charge in [0.1, 0.15) is 11.2 Å². The second-order valence-corrected chi connectivity index (χ2v) is 6.66. The average Bonchev–Trinajstić information content (AvgIpc) is 2.49. The molecular formula is C13H20N2O6. The fourth-order valence-electron chi connectivity index (χ4n) is 1.54. The molecule has 0 aromatic heterocycles. The molecule has 1 heterocycles. The van der Waals surface area contributed by atoms with Crippen LogP contribution in [0.25, 0.3) is 0 Å². The topological polar surface area (TPSA) is 111 Å². The molecule has 0 bridgehead atoms. The molecule has 0 unspecified atom stereocenters. The van der Waals surface area contributed by atoms with E-state index in [1.807, 2.05) is 10.6 Å². The van der Waals surface area contributed by atoms with E-state index in [2.05, 4.69) is 0 Å². The highest BCUT2D eigenvalue weighted by Crippen LogP contribution is 2.22. The van der Waals surface area contributed by atoms with Crippen molar-refractivity contribution in [2.45, 2.75) is 58.3 Å². The van der Waals surface area contributed by atoms with Gasteiger partial charge in [0.15, 0.2) is 0 Å². The third-order valence-corrected chi connectivity index (χ3v) is 2.28. The molecule has 8 heteroatoms. The Bertz CT molecular complexity index is 470. The predicted molar refractivity (Wildman–Crippen MR) is 71.1 cm³/mol. The predicted octanol–water partition coefficient (Wildman–Crippen LogP) is 0.248. The lowest BCUT2D eigenvalue weighted by atomic mass is 9.99. The molecular weight excluding hydrogens is 280 g/mol. The van der Waals surface area contributed by atoms with Crippen LogP contribution in [0.1, 0.15) is 41.5 Å². The lowest BCUT2D eigenvalue weighted by molar-refractivity contribution is -0.178. The van der Waals surface area contributed by atoms with Crippen molar-refractivity contribution in [2.24, 2.45) is 0 Å². The fraction of sp³-hybridized carbons (Fsp3) is 0.692. The summed E-state index contributed by atoms with van der Waals surface area (Å²) in [5.74, 6) is -3.49. The number of carbonyl (C=O) groups is 4. The monoisotopic (exact) mass is 300 g/mol. The van der Waals surface area contributed by atoms with Crippen molar-refractivity contribution < 1.29 is 28.7 Å². The number of amides is 3. The van der Waals surface area contributed by atoms with Gasteiger partial charge in [-0.3, -0.25) is 10.1 Å². The Balaban J connectivity index is 3.20. The Hall–Kier alpha value is -2.12. The Kier molecular flexibility index (Phi) is 4.04. The number of imide groups is 1. The standard InChI is InChI=1S/C13H20N2O6/c1-11(2,3)20-8(17)13(7(16)14-10(19)15-13)9(18)21-12(4,5)6/h1-6H3,(H2,14,15,16,19). The molecule has 8 nitrogen and oxygen atoms in total. The molecule has 0 spiro atoms. The summed E-state index contributed by atoms with van der Waals surface area (Å²) in [4.78, 5) is 47.9. The molecule has 0 aromatic rings. The Morgan fingerprint density at radius 3 is 1.52 bits per heavy atom. The summed E-state index contributed by atoms with van der Waals surface area (Å²) < 4.78 is 10.1. The van der Waals surface area contributed by atoms with Gasteiger partial charge in [0.05, 0.1) is 0 Å². The summed E-state index contributed by atoms with van der Waals surface area (Å²) in [6, 6.07) is -0.961. The average molecular weight is 300 g/mol. The number of rotatable bonds is 2. The van der Waals surface area contributed by atoms with Crippen LogP contribution in [0.3, 0.4) is 0 Å². The number of esters is 2. The molecule has 0 aliphatic carbocycles. The van der Waals surface area contributed by atoms with Crippen LogP contribution in [0.4, 0.5) is 4.79 Å². The largest absolute Gasteiger partial charge is 0.457 e. The third-order valence-electron chi connectivity index (χ3n) is 2.28. The Morgan fingerprint density at radius 2 is 1.29 bits per heavy atom. The van der Waals surface area contributed by atoms with Gasteiger partial charge in [-0.05, 0) is 41.5 Å². The van der Waals surface area contributed by atoms with Crippen LogP contribution in [0.15, 0.2) is 0 Å². The highest BCUT2D eigenvalue weighted by molar-refractivity contribution is 6.32. The molecule has 1 fully saturated rings. The van der Waals surface area contributed by atoms with E-state index >= 15 is 0 Å². The molecule has 21 heavy (non-hydrogen) atoms. The second-order valence-electron chi connectivity index (χ2n) is 6.66. The maximum atomic E-state index is 12.3. The van der Waals surface area contributed by atoms with Gasteiger partial charge in [0.2, 0.25) is 0 Å². The van der Waals surface area contributed by atoms with Gasteiger partial charge in [0, 0.05) is 0 Å². The van der Waals surface area contributed by atoms with Gasteiger partial charge in [-0.25, -0.2) is 14.4 Å². The maximum Gasteiger partial charge on any atom is 0.354 e. The van der Waals surface area contributed by atoms with E-state index in [4.69, 9.17) is 9.47 Å². The van der Waals surface area contributed by atoms with Gasteiger partial charge in [-0.1, -0.05) is 0 Å². The summed E-state index contributed by atoms with van der Waals surface area (Å²) >= 11 is 0. The van der Waals surface area contributed by atoms with Crippen LogP contribution in [0, 0.1) is 0 Å². The van der Waals surface area contributed by atoms with E-state index < -0.39 is 40.6 Å². The smallest absolute Gasteiger partial charge is 0.354 e. The third kappa shape index (κ3) is 3.71. The van der Waals surface area contributed by atoms with Crippen LogP contribution >= 0.6 is 0 Å². The highest BCUT2D eigenvalue weighted by atomic mass is 16.6. The van der Waals surface area contributed by atoms with Crippen LogP contribution < -0.4 is 10.6 Å². The summed E-state index contributed by atoms with van der Waals surface area (Å²) in [5, 5.41) is 3.86. The van der Waals surface area contributed by atoms with Crippen molar-refractivity contribution in [3.05, 3.63) is 0 Å². The molecule has 0 radical (unpaired) electrons. The van der Waals surface area contributed by atoms with Crippen molar-refractivity contribution in [3.8, 4) is 0 Å². The summed E-state index contributed by atoms with van der Waals surface area (Å²) in [6.45, 7) is 9.43. The number of hydrogen-bond acceptors (Lipinski definition) is 6. The van der Waals surface area contributed by atoms with Gasteiger partial charge in [-0.15, -0.1) is 0 Å². The molecule has 1 saturated heterocycles. The first-order valence-corrected chi connectivity index (χ1v) is 6.38. The zero-order valence-electron chi connectivity index (χ0n) is 12.9. The minimum Gasteiger partial charge on any atom is -0.457 e. The Morgan fingerprint density at radius 1 is 0.905 bits per heavy atom. The summed E-state index contributed by atoms with van der Waals surface area (Å²) in [6.07, 6.45) is 0. The van der Waals surface area contributed by atoms with E-state index in [1.165, 1.54) is 0 Å².